The summed E-state index contributed by atoms with van der Waals surface area (Å²) in [5.74, 6) is 3.73. The van der Waals surface area contributed by atoms with E-state index in [1.165, 1.54) is 49.1 Å². The third-order valence-electron chi connectivity index (χ3n) is 12.7. The molecular formula is C34H43ClN2O2S. The predicted octanol–water partition coefficient (Wildman–Crippen LogP) is 9.13. The Hall–Kier alpha value is -1.40. The molecule has 4 aliphatic carbocycles. The van der Waals surface area contributed by atoms with Crippen molar-refractivity contribution in [1.29, 1.82) is 0 Å². The molecule has 6 heteroatoms. The number of aromatic nitrogens is 1. The lowest BCUT2D eigenvalue weighted by Gasteiger charge is -2.57. The lowest BCUT2D eigenvalue weighted by Crippen LogP contribution is -2.51. The quantitative estimate of drug-likeness (QED) is 0.386. The van der Waals surface area contributed by atoms with Crippen molar-refractivity contribution >= 4 is 39.3 Å². The van der Waals surface area contributed by atoms with Gasteiger partial charge in [-0.3, -0.25) is 0 Å². The van der Waals surface area contributed by atoms with E-state index in [0.29, 0.717) is 29.3 Å². The molecule has 2 saturated heterocycles. The van der Waals surface area contributed by atoms with Crippen LogP contribution in [0.1, 0.15) is 83.2 Å². The number of fused-ring (bicyclic) bond motifs is 9. The van der Waals surface area contributed by atoms with Gasteiger partial charge in [0.25, 0.3) is 0 Å². The van der Waals surface area contributed by atoms with Gasteiger partial charge in [-0.1, -0.05) is 56.7 Å². The summed E-state index contributed by atoms with van der Waals surface area (Å²) in [6.45, 7) is 10.9. The van der Waals surface area contributed by atoms with Crippen molar-refractivity contribution in [2.24, 2.45) is 46.3 Å². The van der Waals surface area contributed by atoms with Crippen LogP contribution in [-0.4, -0.2) is 23.5 Å². The van der Waals surface area contributed by atoms with Crippen molar-refractivity contribution in [3.05, 3.63) is 45.9 Å². The highest BCUT2D eigenvalue weighted by atomic mass is 35.5. The van der Waals surface area contributed by atoms with E-state index in [9.17, 15) is 0 Å². The lowest BCUT2D eigenvalue weighted by molar-refractivity contribution is -0.272. The number of benzene rings is 1. The maximum absolute atomic E-state index is 6.99. The minimum Gasteiger partial charge on any atom is -0.349 e. The fourth-order valence-electron chi connectivity index (χ4n) is 10.6. The monoisotopic (exact) mass is 578 g/mol. The summed E-state index contributed by atoms with van der Waals surface area (Å²) in [6.07, 6.45) is 12.7. The number of aryl methyl sites for hydroxylation is 1. The number of rotatable bonds is 2. The number of allylic oxidation sites excluding steroid dienone is 2. The van der Waals surface area contributed by atoms with Gasteiger partial charge >= 0.3 is 0 Å². The van der Waals surface area contributed by atoms with Crippen molar-refractivity contribution in [3.8, 4) is 0 Å². The molecule has 40 heavy (non-hydrogen) atoms. The third kappa shape index (κ3) is 3.66. The van der Waals surface area contributed by atoms with Crippen LogP contribution in [0, 0.1) is 46.3 Å². The van der Waals surface area contributed by atoms with Crippen molar-refractivity contribution in [3.63, 3.8) is 0 Å². The first kappa shape index (κ1) is 26.2. The van der Waals surface area contributed by atoms with Gasteiger partial charge in [0.15, 0.2) is 10.9 Å². The van der Waals surface area contributed by atoms with E-state index in [4.69, 9.17) is 26.1 Å². The van der Waals surface area contributed by atoms with Crippen LogP contribution in [-0.2, 0) is 15.9 Å². The molecule has 6 aliphatic rings. The summed E-state index contributed by atoms with van der Waals surface area (Å²) in [6, 6.07) is 7.92. The average Bonchev–Trinajstić information content (AvgIpc) is 3.56. The third-order valence-corrected chi connectivity index (χ3v) is 13.9. The van der Waals surface area contributed by atoms with E-state index >= 15 is 0 Å². The van der Waals surface area contributed by atoms with Crippen molar-refractivity contribution in [2.75, 3.05) is 11.9 Å². The van der Waals surface area contributed by atoms with Crippen LogP contribution in [0.3, 0.4) is 0 Å². The van der Waals surface area contributed by atoms with Crippen LogP contribution in [0.4, 0.5) is 10.8 Å². The fourth-order valence-corrected chi connectivity index (χ4v) is 11.9. The number of anilines is 2. The Morgan fingerprint density at radius 1 is 1.05 bits per heavy atom. The van der Waals surface area contributed by atoms with Gasteiger partial charge in [0.1, 0.15) is 0 Å². The highest BCUT2D eigenvalue weighted by Crippen LogP contribution is 2.71. The summed E-state index contributed by atoms with van der Waals surface area (Å²) in [7, 11) is 0. The zero-order valence-corrected chi connectivity index (χ0v) is 25.9. The molecule has 0 bridgehead atoms. The van der Waals surface area contributed by atoms with E-state index < -0.39 is 0 Å². The van der Waals surface area contributed by atoms with Gasteiger partial charge in [-0.2, -0.15) is 0 Å². The van der Waals surface area contributed by atoms with E-state index in [0.717, 1.165) is 53.0 Å². The zero-order valence-electron chi connectivity index (χ0n) is 24.3. The molecular weight excluding hydrogens is 536 g/mol. The van der Waals surface area contributed by atoms with Crippen LogP contribution < -0.4 is 5.32 Å². The number of hydrogen-bond donors (Lipinski definition) is 1. The van der Waals surface area contributed by atoms with E-state index in [1.807, 2.05) is 35.6 Å². The topological polar surface area (TPSA) is 43.4 Å². The van der Waals surface area contributed by atoms with Crippen LogP contribution in [0.2, 0.25) is 5.02 Å². The second kappa shape index (κ2) is 9.05. The Morgan fingerprint density at radius 3 is 2.65 bits per heavy atom. The smallest absolute Gasteiger partial charge is 0.187 e. The number of thiazole rings is 1. The molecule has 0 amide bonds. The second-order valence-corrected chi connectivity index (χ2v) is 16.0. The van der Waals surface area contributed by atoms with Gasteiger partial charge in [0, 0.05) is 23.0 Å². The molecule has 1 aromatic carbocycles. The minimum atomic E-state index is -0.317. The van der Waals surface area contributed by atoms with Crippen LogP contribution in [0.15, 0.2) is 30.3 Å². The Balaban J connectivity index is 1.06. The Labute approximate surface area is 248 Å². The molecule has 214 valence electrons. The highest BCUT2D eigenvalue weighted by molar-refractivity contribution is 7.16. The molecule has 1 N–H and O–H groups in total. The van der Waals surface area contributed by atoms with Crippen molar-refractivity contribution in [1.82, 2.24) is 4.98 Å². The van der Waals surface area contributed by atoms with E-state index in [2.05, 4.69) is 39.1 Å². The summed E-state index contributed by atoms with van der Waals surface area (Å²) in [5, 5.41) is 5.30. The molecule has 8 rings (SSSR count). The molecule has 2 aliphatic heterocycles. The first-order valence-electron chi connectivity index (χ1n) is 15.8. The Bertz CT molecular complexity index is 1350. The number of nitrogens with zero attached hydrogens (tertiary/aromatic N) is 1. The summed E-state index contributed by atoms with van der Waals surface area (Å²) in [4.78, 5) is 6.49. The molecule has 2 saturated carbocycles. The Kier molecular flexibility index (Phi) is 5.94. The first-order valence-corrected chi connectivity index (χ1v) is 16.9. The molecule has 0 radical (unpaired) electrons. The molecule has 3 heterocycles. The van der Waals surface area contributed by atoms with Gasteiger partial charge in [0.2, 0.25) is 0 Å². The summed E-state index contributed by atoms with van der Waals surface area (Å²) in [5.41, 5.74) is 4.53. The molecule has 0 unspecified atom stereocenters. The van der Waals surface area contributed by atoms with Gasteiger partial charge in [-0.05, 0) is 115 Å². The van der Waals surface area contributed by atoms with Crippen LogP contribution in [0.5, 0.6) is 0 Å². The minimum absolute atomic E-state index is 0.245. The fraction of sp³-hybridized carbons (Fsp3) is 0.676. The first-order chi connectivity index (χ1) is 19.2. The van der Waals surface area contributed by atoms with Crippen molar-refractivity contribution < 1.29 is 9.47 Å². The van der Waals surface area contributed by atoms with Gasteiger partial charge in [-0.15, -0.1) is 0 Å². The van der Waals surface area contributed by atoms with Gasteiger partial charge in [0.05, 0.1) is 23.3 Å². The summed E-state index contributed by atoms with van der Waals surface area (Å²) >= 11 is 7.95. The van der Waals surface area contributed by atoms with Crippen molar-refractivity contribution in [2.45, 2.75) is 91.0 Å². The second-order valence-electron chi connectivity index (χ2n) is 14.6. The largest absolute Gasteiger partial charge is 0.349 e. The molecule has 2 aromatic rings. The lowest BCUT2D eigenvalue weighted by atomic mass is 9.47. The van der Waals surface area contributed by atoms with Crippen LogP contribution >= 0.6 is 22.9 Å². The molecule has 4 fully saturated rings. The standard InChI is InChI=1S/C34H43ClN2O2S/c1-19-11-16-34(38-18-19)20(2)29-28(39-34)17-26-23-9-10-25-30-27(13-15-32(25,3)24(23)12-14-33(26,29)4)37-31(40-30)36-22-7-5-21(35)6-8-22/h5-8,10,19-20,23-24,26,28-29H,9,11-18H2,1-4H3,(H,36,37)/t19-,20+,23-,24+,26+,28+,29+,32-,33+,34-/m1/s1. The highest BCUT2D eigenvalue weighted by Gasteiger charge is 2.68. The molecule has 4 nitrogen and oxygen atoms in total. The number of nitrogens with one attached hydrogen (secondary N) is 1. The number of ether oxygens (including phenoxy) is 2. The Morgan fingerprint density at radius 2 is 1.88 bits per heavy atom. The predicted molar refractivity (Wildman–Crippen MR) is 163 cm³/mol. The normalized spacial score (nSPS) is 45.2. The number of hydrogen-bond acceptors (Lipinski definition) is 5. The van der Waals surface area contributed by atoms with E-state index in [1.54, 1.807) is 5.57 Å². The van der Waals surface area contributed by atoms with Gasteiger partial charge < -0.3 is 14.8 Å². The maximum Gasteiger partial charge on any atom is 0.187 e. The van der Waals surface area contributed by atoms with Crippen LogP contribution in [0.25, 0.3) is 5.57 Å². The molecule has 1 aromatic heterocycles. The summed E-state index contributed by atoms with van der Waals surface area (Å²) < 4.78 is 13.5. The molecule has 10 atom stereocenters. The maximum atomic E-state index is 6.99. The number of halogens is 1. The van der Waals surface area contributed by atoms with Gasteiger partial charge in [-0.25, -0.2) is 4.98 Å². The zero-order chi connectivity index (χ0) is 27.4. The van der Waals surface area contributed by atoms with E-state index in [-0.39, 0.29) is 11.2 Å². The SMILES string of the molecule is C[C@@H]1CC[C@@]2(OC1)O[C@H]1C[C@H]3[C@@H]4CC=C5c6sc(Nc7ccc(Cl)cc7)nc6CC[C@]5(C)[C@H]4CC[C@]3(C)[C@H]1[C@@H]2C. The average molecular weight is 579 g/mol. The molecule has 1 spiro atoms.